The summed E-state index contributed by atoms with van der Waals surface area (Å²) in [5.41, 5.74) is 4.30. The minimum Gasteiger partial charge on any atom is -0.346 e. The molecule has 114 valence electrons. The van der Waals surface area contributed by atoms with Gasteiger partial charge in [-0.1, -0.05) is 52.0 Å². The van der Waals surface area contributed by atoms with E-state index < -0.39 is 0 Å². The minimum atomic E-state index is 0.219. The molecule has 0 spiro atoms. The van der Waals surface area contributed by atoms with Gasteiger partial charge in [-0.15, -0.1) is 0 Å². The molecular weight excluding hydrogens is 256 g/mol. The summed E-state index contributed by atoms with van der Waals surface area (Å²) < 4.78 is 2.33. The molecule has 0 aliphatic rings. The lowest BCUT2D eigenvalue weighted by atomic mass is 9.87. The standard InChI is InChI=1S/C19H28N2/c1-6-20-15(2)18-8-7-13-21(18)14-16-9-11-17(12-10-16)19(3,4)5/h7-13,15,20H,6,14H2,1-5H3. The fourth-order valence-electron chi connectivity index (χ4n) is 2.68. The van der Waals surface area contributed by atoms with E-state index in [0.29, 0.717) is 6.04 Å². The molecule has 21 heavy (non-hydrogen) atoms. The molecule has 0 radical (unpaired) electrons. The van der Waals surface area contributed by atoms with Gasteiger partial charge in [0.25, 0.3) is 0 Å². The molecule has 1 heterocycles. The van der Waals surface area contributed by atoms with Crippen molar-refractivity contribution in [2.24, 2.45) is 0 Å². The third-order valence-electron chi connectivity index (χ3n) is 3.99. The molecule has 1 atom stereocenters. The van der Waals surface area contributed by atoms with E-state index in [1.54, 1.807) is 0 Å². The van der Waals surface area contributed by atoms with Gasteiger partial charge in [0.15, 0.2) is 0 Å². The third-order valence-corrected chi connectivity index (χ3v) is 3.99. The largest absolute Gasteiger partial charge is 0.346 e. The monoisotopic (exact) mass is 284 g/mol. The SMILES string of the molecule is CCNC(C)c1cccn1Cc1ccc(C(C)(C)C)cc1. The maximum absolute atomic E-state index is 3.48. The van der Waals surface area contributed by atoms with Crippen LogP contribution in [0.15, 0.2) is 42.6 Å². The summed E-state index contributed by atoms with van der Waals surface area (Å²) in [6.07, 6.45) is 2.17. The molecule has 0 aliphatic carbocycles. The van der Waals surface area contributed by atoms with Gasteiger partial charge in [0.2, 0.25) is 0 Å². The molecule has 0 aliphatic heterocycles. The van der Waals surface area contributed by atoms with Gasteiger partial charge in [0.1, 0.15) is 0 Å². The molecule has 2 nitrogen and oxygen atoms in total. The molecule has 2 rings (SSSR count). The van der Waals surface area contributed by atoms with E-state index in [-0.39, 0.29) is 5.41 Å². The predicted octanol–water partition coefficient (Wildman–Crippen LogP) is 4.50. The Kier molecular flexibility index (Phi) is 4.89. The highest BCUT2D eigenvalue weighted by atomic mass is 15.0. The van der Waals surface area contributed by atoms with Crippen LogP contribution < -0.4 is 5.32 Å². The Bertz CT molecular complexity index is 558. The first-order valence-corrected chi connectivity index (χ1v) is 7.89. The zero-order valence-electron chi connectivity index (χ0n) is 14.0. The van der Waals surface area contributed by atoms with E-state index in [4.69, 9.17) is 0 Å². The Balaban J connectivity index is 2.14. The lowest BCUT2D eigenvalue weighted by Gasteiger charge is -2.20. The van der Waals surface area contributed by atoms with Crippen LogP contribution in [0.2, 0.25) is 0 Å². The van der Waals surface area contributed by atoms with E-state index in [0.717, 1.165) is 13.1 Å². The molecule has 1 aromatic heterocycles. The van der Waals surface area contributed by atoms with Crippen LogP contribution in [0.25, 0.3) is 0 Å². The van der Waals surface area contributed by atoms with Gasteiger partial charge >= 0.3 is 0 Å². The highest BCUT2D eigenvalue weighted by molar-refractivity contribution is 5.28. The van der Waals surface area contributed by atoms with Crippen LogP contribution in [-0.2, 0) is 12.0 Å². The second-order valence-corrected chi connectivity index (χ2v) is 6.79. The van der Waals surface area contributed by atoms with Crippen LogP contribution in [0.5, 0.6) is 0 Å². The first-order chi connectivity index (χ1) is 9.91. The third kappa shape index (κ3) is 3.98. The summed E-state index contributed by atoms with van der Waals surface area (Å²) in [5, 5.41) is 3.48. The van der Waals surface area contributed by atoms with E-state index in [1.807, 2.05) is 0 Å². The maximum atomic E-state index is 3.48. The number of aromatic nitrogens is 1. The summed E-state index contributed by atoms with van der Waals surface area (Å²) in [4.78, 5) is 0. The van der Waals surface area contributed by atoms with Crippen LogP contribution in [-0.4, -0.2) is 11.1 Å². The summed E-state index contributed by atoms with van der Waals surface area (Å²) in [6, 6.07) is 13.7. The number of benzene rings is 1. The van der Waals surface area contributed by atoms with E-state index in [9.17, 15) is 0 Å². The summed E-state index contributed by atoms with van der Waals surface area (Å²) >= 11 is 0. The highest BCUT2D eigenvalue weighted by Crippen LogP contribution is 2.23. The molecule has 1 unspecified atom stereocenters. The fraction of sp³-hybridized carbons (Fsp3) is 0.474. The van der Waals surface area contributed by atoms with Gasteiger partial charge in [0.05, 0.1) is 0 Å². The van der Waals surface area contributed by atoms with Gasteiger partial charge < -0.3 is 9.88 Å². The first-order valence-electron chi connectivity index (χ1n) is 7.89. The lowest BCUT2D eigenvalue weighted by molar-refractivity contribution is 0.553. The maximum Gasteiger partial charge on any atom is 0.0473 e. The van der Waals surface area contributed by atoms with Crippen molar-refractivity contribution in [3.63, 3.8) is 0 Å². The van der Waals surface area contributed by atoms with E-state index >= 15 is 0 Å². The fourth-order valence-corrected chi connectivity index (χ4v) is 2.68. The Hall–Kier alpha value is -1.54. The second kappa shape index (κ2) is 6.48. The quantitative estimate of drug-likeness (QED) is 0.855. The Morgan fingerprint density at radius 2 is 1.76 bits per heavy atom. The molecule has 1 aromatic carbocycles. The summed E-state index contributed by atoms with van der Waals surface area (Å²) in [6.45, 7) is 13.1. The van der Waals surface area contributed by atoms with E-state index in [1.165, 1.54) is 16.8 Å². The summed E-state index contributed by atoms with van der Waals surface area (Å²) in [7, 11) is 0. The number of rotatable bonds is 5. The minimum absolute atomic E-state index is 0.219. The van der Waals surface area contributed by atoms with Crippen LogP contribution >= 0.6 is 0 Å². The van der Waals surface area contributed by atoms with E-state index in [2.05, 4.69) is 87.1 Å². The van der Waals surface area contributed by atoms with Gasteiger partial charge in [-0.2, -0.15) is 0 Å². The Labute approximate surface area is 129 Å². The van der Waals surface area contributed by atoms with Crippen LogP contribution in [0.1, 0.15) is 57.5 Å². The molecule has 0 saturated carbocycles. The molecule has 0 fully saturated rings. The van der Waals surface area contributed by atoms with Gasteiger partial charge in [-0.25, -0.2) is 0 Å². The van der Waals surface area contributed by atoms with Crippen LogP contribution in [0.4, 0.5) is 0 Å². The van der Waals surface area contributed by atoms with Crippen molar-refractivity contribution in [2.75, 3.05) is 6.54 Å². The first kappa shape index (κ1) is 15.8. The smallest absolute Gasteiger partial charge is 0.0473 e. The second-order valence-electron chi connectivity index (χ2n) is 6.79. The average Bonchev–Trinajstić information content (AvgIpc) is 2.87. The van der Waals surface area contributed by atoms with Crippen molar-refractivity contribution in [3.8, 4) is 0 Å². The highest BCUT2D eigenvalue weighted by Gasteiger charge is 2.13. The zero-order chi connectivity index (χ0) is 15.5. The normalized spacial score (nSPS) is 13.4. The Morgan fingerprint density at radius 1 is 1.10 bits per heavy atom. The molecule has 2 heteroatoms. The summed E-state index contributed by atoms with van der Waals surface area (Å²) in [5.74, 6) is 0. The average molecular weight is 284 g/mol. The van der Waals surface area contributed by atoms with Gasteiger partial charge in [0, 0.05) is 24.5 Å². The molecular formula is C19H28N2. The zero-order valence-corrected chi connectivity index (χ0v) is 14.0. The molecule has 0 bridgehead atoms. The Morgan fingerprint density at radius 3 is 2.33 bits per heavy atom. The molecule has 1 N–H and O–H groups in total. The number of hydrogen-bond acceptors (Lipinski definition) is 1. The van der Waals surface area contributed by atoms with Crippen LogP contribution in [0.3, 0.4) is 0 Å². The molecule has 0 saturated heterocycles. The lowest BCUT2D eigenvalue weighted by Crippen LogP contribution is -2.20. The number of nitrogens with zero attached hydrogens (tertiary/aromatic N) is 1. The van der Waals surface area contributed by atoms with Crippen LogP contribution in [0, 0.1) is 0 Å². The van der Waals surface area contributed by atoms with Gasteiger partial charge in [-0.05, 0) is 42.1 Å². The van der Waals surface area contributed by atoms with Gasteiger partial charge in [-0.3, -0.25) is 0 Å². The number of nitrogens with one attached hydrogen (secondary N) is 1. The van der Waals surface area contributed by atoms with Crippen molar-refractivity contribution in [1.29, 1.82) is 0 Å². The van der Waals surface area contributed by atoms with Crippen molar-refractivity contribution in [2.45, 2.75) is 52.6 Å². The van der Waals surface area contributed by atoms with Crippen molar-refractivity contribution >= 4 is 0 Å². The molecule has 0 amide bonds. The van der Waals surface area contributed by atoms with Crippen molar-refractivity contribution in [3.05, 3.63) is 59.4 Å². The topological polar surface area (TPSA) is 17.0 Å². The predicted molar refractivity (Wildman–Crippen MR) is 90.8 cm³/mol. The van der Waals surface area contributed by atoms with Crippen molar-refractivity contribution < 1.29 is 0 Å². The van der Waals surface area contributed by atoms with Crippen molar-refractivity contribution in [1.82, 2.24) is 9.88 Å². The molecule has 2 aromatic rings. The number of hydrogen-bond donors (Lipinski definition) is 1.